The number of hydrogen-bond acceptors (Lipinski definition) is 3. The maximum atomic E-state index is 12.0. The van der Waals surface area contributed by atoms with Crippen LogP contribution in [-0.4, -0.2) is 23.4 Å². The molecule has 6 nitrogen and oxygen atoms in total. The lowest BCUT2D eigenvalue weighted by Gasteiger charge is -2.18. The molecule has 0 fully saturated rings. The van der Waals surface area contributed by atoms with Crippen molar-refractivity contribution >= 4 is 39.1 Å². The molecule has 2 aromatic rings. The smallest absolute Gasteiger partial charge is 0.272 e. The van der Waals surface area contributed by atoms with Crippen LogP contribution in [0.5, 0.6) is 5.75 Å². The van der Waals surface area contributed by atoms with Crippen LogP contribution < -0.4 is 15.4 Å². The minimum absolute atomic E-state index is 0.00913. The highest BCUT2D eigenvalue weighted by molar-refractivity contribution is 9.10. The van der Waals surface area contributed by atoms with Crippen LogP contribution in [0.15, 0.2) is 34.9 Å². The lowest BCUT2D eigenvalue weighted by atomic mass is 10.2. The van der Waals surface area contributed by atoms with Gasteiger partial charge in [0.05, 0.1) is 5.69 Å². The third-order valence-electron chi connectivity index (χ3n) is 2.76. The zero-order chi connectivity index (χ0) is 14.1. The van der Waals surface area contributed by atoms with Crippen molar-refractivity contribution in [2.45, 2.75) is 0 Å². The van der Waals surface area contributed by atoms with Gasteiger partial charge in [-0.1, -0.05) is 0 Å². The van der Waals surface area contributed by atoms with Gasteiger partial charge in [-0.2, -0.15) is 0 Å². The summed E-state index contributed by atoms with van der Waals surface area (Å²) in [4.78, 5) is 26.1. The van der Waals surface area contributed by atoms with Gasteiger partial charge in [-0.05, 0) is 40.2 Å². The van der Waals surface area contributed by atoms with Crippen LogP contribution in [0.4, 0.5) is 11.4 Å². The Labute approximate surface area is 122 Å². The summed E-state index contributed by atoms with van der Waals surface area (Å²) < 4.78 is 6.05. The van der Waals surface area contributed by atoms with Gasteiger partial charge in [-0.25, -0.2) is 0 Å². The molecule has 1 aliphatic heterocycles. The summed E-state index contributed by atoms with van der Waals surface area (Å²) >= 11 is 3.27. The van der Waals surface area contributed by atoms with Crippen LogP contribution in [0.2, 0.25) is 0 Å². The zero-order valence-electron chi connectivity index (χ0n) is 10.2. The molecular weight excluding hydrogens is 326 g/mol. The van der Waals surface area contributed by atoms with E-state index in [1.54, 1.807) is 30.5 Å². The molecule has 3 rings (SSSR count). The zero-order valence-corrected chi connectivity index (χ0v) is 11.8. The van der Waals surface area contributed by atoms with E-state index in [1.807, 2.05) is 0 Å². The SMILES string of the molecule is O=C1COc2ccc(NC(=O)c3cc(Br)c[nH]3)cc2N1. The molecule has 0 aliphatic carbocycles. The molecule has 1 aliphatic rings. The highest BCUT2D eigenvalue weighted by Gasteiger charge is 2.17. The van der Waals surface area contributed by atoms with Gasteiger partial charge in [0.1, 0.15) is 11.4 Å². The van der Waals surface area contributed by atoms with E-state index < -0.39 is 0 Å². The normalized spacial score (nSPS) is 13.2. The number of anilines is 2. The van der Waals surface area contributed by atoms with Gasteiger partial charge < -0.3 is 20.4 Å². The van der Waals surface area contributed by atoms with Crippen molar-refractivity contribution in [2.24, 2.45) is 0 Å². The number of rotatable bonds is 2. The number of benzene rings is 1. The van der Waals surface area contributed by atoms with Gasteiger partial charge in [-0.15, -0.1) is 0 Å². The minimum Gasteiger partial charge on any atom is -0.482 e. The fourth-order valence-corrected chi connectivity index (χ4v) is 2.20. The van der Waals surface area contributed by atoms with Gasteiger partial charge in [0.25, 0.3) is 11.8 Å². The molecule has 0 saturated carbocycles. The molecule has 0 atom stereocenters. The number of aromatic nitrogens is 1. The van der Waals surface area contributed by atoms with E-state index in [0.717, 1.165) is 4.47 Å². The number of hydrogen-bond donors (Lipinski definition) is 3. The van der Waals surface area contributed by atoms with Gasteiger partial charge in [0.15, 0.2) is 6.61 Å². The molecule has 102 valence electrons. The van der Waals surface area contributed by atoms with Gasteiger partial charge in [0, 0.05) is 16.4 Å². The second kappa shape index (κ2) is 5.01. The average Bonchev–Trinajstić information content (AvgIpc) is 2.85. The summed E-state index contributed by atoms with van der Waals surface area (Å²) in [6.45, 7) is 0.00913. The topological polar surface area (TPSA) is 83.2 Å². The number of H-pyrrole nitrogens is 1. The van der Waals surface area contributed by atoms with Crippen molar-refractivity contribution in [1.29, 1.82) is 0 Å². The third kappa shape index (κ3) is 2.53. The first-order valence-electron chi connectivity index (χ1n) is 5.84. The number of aromatic amines is 1. The summed E-state index contributed by atoms with van der Waals surface area (Å²) in [6, 6.07) is 6.75. The number of nitrogens with one attached hydrogen (secondary N) is 3. The summed E-state index contributed by atoms with van der Waals surface area (Å²) in [6.07, 6.45) is 1.68. The molecule has 2 heterocycles. The van der Waals surface area contributed by atoms with E-state index >= 15 is 0 Å². The Kier molecular flexibility index (Phi) is 3.19. The van der Waals surface area contributed by atoms with Crippen LogP contribution in [-0.2, 0) is 4.79 Å². The maximum Gasteiger partial charge on any atom is 0.272 e. The molecular formula is C13H10BrN3O3. The Bertz CT molecular complexity index is 696. The van der Waals surface area contributed by atoms with Crippen molar-refractivity contribution in [3.05, 3.63) is 40.6 Å². The van der Waals surface area contributed by atoms with Crippen molar-refractivity contribution in [3.63, 3.8) is 0 Å². The summed E-state index contributed by atoms with van der Waals surface area (Å²) in [5.74, 6) is 0.109. The van der Waals surface area contributed by atoms with Crippen LogP contribution in [0, 0.1) is 0 Å². The number of amides is 2. The molecule has 7 heteroatoms. The van der Waals surface area contributed by atoms with E-state index in [0.29, 0.717) is 22.8 Å². The Morgan fingerprint density at radius 2 is 2.20 bits per heavy atom. The van der Waals surface area contributed by atoms with Crippen LogP contribution in [0.1, 0.15) is 10.5 Å². The fraction of sp³-hybridized carbons (Fsp3) is 0.0769. The van der Waals surface area contributed by atoms with Gasteiger partial charge >= 0.3 is 0 Å². The third-order valence-corrected chi connectivity index (χ3v) is 3.22. The van der Waals surface area contributed by atoms with Crippen LogP contribution in [0.25, 0.3) is 0 Å². The van der Waals surface area contributed by atoms with Crippen LogP contribution >= 0.6 is 15.9 Å². The molecule has 0 bridgehead atoms. The fourth-order valence-electron chi connectivity index (χ4n) is 1.86. The molecule has 3 N–H and O–H groups in total. The molecule has 1 aromatic carbocycles. The van der Waals surface area contributed by atoms with E-state index in [-0.39, 0.29) is 18.4 Å². The molecule has 1 aromatic heterocycles. The number of fused-ring (bicyclic) bond motifs is 1. The summed E-state index contributed by atoms with van der Waals surface area (Å²) in [5, 5.41) is 5.43. The highest BCUT2D eigenvalue weighted by atomic mass is 79.9. The minimum atomic E-state index is -0.265. The first-order chi connectivity index (χ1) is 9.61. The Hall–Kier alpha value is -2.28. The standard InChI is InChI=1S/C13H10BrN3O3/c14-7-3-10(15-5-7)13(19)16-8-1-2-11-9(4-8)17-12(18)6-20-11/h1-5,15H,6H2,(H,16,19)(H,17,18). The van der Waals surface area contributed by atoms with Crippen molar-refractivity contribution in [1.82, 2.24) is 4.98 Å². The van der Waals surface area contributed by atoms with E-state index in [1.165, 1.54) is 0 Å². The largest absolute Gasteiger partial charge is 0.482 e. The lowest BCUT2D eigenvalue weighted by Crippen LogP contribution is -2.25. The molecule has 0 saturated heterocycles. The van der Waals surface area contributed by atoms with Crippen molar-refractivity contribution in [2.75, 3.05) is 17.2 Å². The second-order valence-corrected chi connectivity index (χ2v) is 5.15. The van der Waals surface area contributed by atoms with Crippen molar-refractivity contribution in [3.8, 4) is 5.75 Å². The molecule has 20 heavy (non-hydrogen) atoms. The Morgan fingerprint density at radius 1 is 1.35 bits per heavy atom. The number of carbonyl (C=O) groups excluding carboxylic acids is 2. The molecule has 0 spiro atoms. The average molecular weight is 336 g/mol. The quantitative estimate of drug-likeness (QED) is 0.787. The van der Waals surface area contributed by atoms with E-state index in [4.69, 9.17) is 4.74 Å². The molecule has 2 amide bonds. The molecule has 0 radical (unpaired) electrons. The number of halogens is 1. The van der Waals surface area contributed by atoms with Crippen molar-refractivity contribution < 1.29 is 14.3 Å². The van der Waals surface area contributed by atoms with Crippen LogP contribution in [0.3, 0.4) is 0 Å². The van der Waals surface area contributed by atoms with Gasteiger partial charge in [0.2, 0.25) is 0 Å². The highest BCUT2D eigenvalue weighted by Crippen LogP contribution is 2.30. The summed E-state index contributed by atoms with van der Waals surface area (Å²) in [5.41, 5.74) is 1.56. The first-order valence-corrected chi connectivity index (χ1v) is 6.63. The number of ether oxygens (including phenoxy) is 1. The van der Waals surface area contributed by atoms with Gasteiger partial charge in [-0.3, -0.25) is 9.59 Å². The maximum absolute atomic E-state index is 12.0. The lowest BCUT2D eigenvalue weighted by molar-refractivity contribution is -0.118. The number of carbonyl (C=O) groups is 2. The second-order valence-electron chi connectivity index (χ2n) is 4.23. The summed E-state index contributed by atoms with van der Waals surface area (Å²) in [7, 11) is 0. The van der Waals surface area contributed by atoms with E-state index in [9.17, 15) is 9.59 Å². The Morgan fingerprint density at radius 3 is 2.95 bits per heavy atom. The van der Waals surface area contributed by atoms with E-state index in [2.05, 4.69) is 31.5 Å². The first kappa shape index (κ1) is 12.7. The Balaban J connectivity index is 1.80. The molecule has 0 unspecified atom stereocenters. The predicted molar refractivity (Wildman–Crippen MR) is 77.0 cm³/mol. The monoisotopic (exact) mass is 335 g/mol. The predicted octanol–water partition coefficient (Wildman–Crippen LogP) is 2.36.